The highest BCUT2D eigenvalue weighted by Gasteiger charge is 2.24. The molecule has 0 atom stereocenters. The third kappa shape index (κ3) is 2.93. The monoisotopic (exact) mass is 311 g/mol. The number of hydrogen-bond donors (Lipinski definition) is 0. The summed E-state index contributed by atoms with van der Waals surface area (Å²) in [6.07, 6.45) is 0.336. The summed E-state index contributed by atoms with van der Waals surface area (Å²) < 4.78 is 37.6. The molecule has 2 rings (SSSR count). The summed E-state index contributed by atoms with van der Waals surface area (Å²) in [6.45, 7) is 4.99. The van der Waals surface area contributed by atoms with E-state index in [4.69, 9.17) is 4.74 Å². The van der Waals surface area contributed by atoms with E-state index in [1.165, 1.54) is 0 Å². The van der Waals surface area contributed by atoms with Gasteiger partial charge in [-0.25, -0.2) is 18.4 Å². The molecule has 0 saturated heterocycles. The lowest BCUT2D eigenvalue weighted by molar-refractivity contribution is 0.0544. The van der Waals surface area contributed by atoms with Gasteiger partial charge in [0.15, 0.2) is 11.6 Å². The minimum Gasteiger partial charge on any atom is -0.465 e. The van der Waals surface area contributed by atoms with Crippen LogP contribution in [0.2, 0.25) is 0 Å². The first-order chi connectivity index (χ1) is 10.1. The molecule has 0 amide bonds. The van der Waals surface area contributed by atoms with E-state index in [0.29, 0.717) is 0 Å². The molecule has 5 nitrogen and oxygen atoms in total. The second kappa shape index (κ2) is 5.40. The zero-order valence-corrected chi connectivity index (χ0v) is 12.6. The maximum Gasteiger partial charge on any atom is 0.419 e. The Hall–Kier alpha value is -2.44. The van der Waals surface area contributed by atoms with Crippen LogP contribution >= 0.6 is 0 Å². The number of hydrogen-bond acceptors (Lipinski definition) is 4. The number of benzene rings is 1. The van der Waals surface area contributed by atoms with Crippen LogP contribution in [0.1, 0.15) is 31.1 Å². The van der Waals surface area contributed by atoms with Crippen molar-refractivity contribution in [2.24, 2.45) is 0 Å². The zero-order chi connectivity index (χ0) is 16.7. The SMILES string of the molecule is COC(=O)c1cn(C(=O)OC(C)(C)C)c2cc(F)c(F)cc12. The summed E-state index contributed by atoms with van der Waals surface area (Å²) >= 11 is 0. The average Bonchev–Trinajstić information content (AvgIpc) is 2.75. The lowest BCUT2D eigenvalue weighted by atomic mass is 10.1. The summed E-state index contributed by atoms with van der Waals surface area (Å²) in [6, 6.07) is 1.68. The number of carbonyl (C=O) groups excluding carboxylic acids is 2. The van der Waals surface area contributed by atoms with Gasteiger partial charge in [0, 0.05) is 17.6 Å². The van der Waals surface area contributed by atoms with Crippen LogP contribution in [-0.4, -0.2) is 29.3 Å². The van der Waals surface area contributed by atoms with Crippen LogP contribution in [0.25, 0.3) is 10.9 Å². The van der Waals surface area contributed by atoms with Gasteiger partial charge in [-0.3, -0.25) is 4.57 Å². The van der Waals surface area contributed by atoms with E-state index in [0.717, 1.165) is 30.0 Å². The van der Waals surface area contributed by atoms with Crippen molar-refractivity contribution in [2.75, 3.05) is 7.11 Å². The molecule has 0 N–H and O–H groups in total. The third-order valence-corrected chi connectivity index (χ3v) is 2.84. The van der Waals surface area contributed by atoms with Crippen molar-refractivity contribution in [1.82, 2.24) is 4.57 Å². The van der Waals surface area contributed by atoms with Crippen molar-refractivity contribution in [3.63, 3.8) is 0 Å². The normalized spacial score (nSPS) is 11.5. The summed E-state index contributed by atoms with van der Waals surface area (Å²) in [5.41, 5.74) is -0.812. The number of halogens is 2. The highest BCUT2D eigenvalue weighted by Crippen LogP contribution is 2.26. The smallest absolute Gasteiger partial charge is 0.419 e. The highest BCUT2D eigenvalue weighted by atomic mass is 19.2. The Labute approximate surface area is 125 Å². The van der Waals surface area contributed by atoms with Gasteiger partial charge in [0.2, 0.25) is 0 Å². The second-order valence-electron chi connectivity index (χ2n) is 5.67. The van der Waals surface area contributed by atoms with Crippen LogP contribution in [0.5, 0.6) is 0 Å². The van der Waals surface area contributed by atoms with Gasteiger partial charge in [-0.15, -0.1) is 0 Å². The molecule has 0 unspecified atom stereocenters. The molecule has 0 spiro atoms. The van der Waals surface area contributed by atoms with Crippen molar-refractivity contribution in [1.29, 1.82) is 0 Å². The van der Waals surface area contributed by atoms with E-state index in [-0.39, 0.29) is 16.5 Å². The maximum absolute atomic E-state index is 13.5. The molecule has 22 heavy (non-hydrogen) atoms. The van der Waals surface area contributed by atoms with E-state index in [9.17, 15) is 18.4 Å². The lowest BCUT2D eigenvalue weighted by Gasteiger charge is -2.19. The Morgan fingerprint density at radius 1 is 1.14 bits per heavy atom. The summed E-state index contributed by atoms with van der Waals surface area (Å²) in [7, 11) is 1.15. The third-order valence-electron chi connectivity index (χ3n) is 2.84. The van der Waals surface area contributed by atoms with Crippen molar-refractivity contribution in [3.05, 3.63) is 35.5 Å². The van der Waals surface area contributed by atoms with Gasteiger partial charge < -0.3 is 9.47 Å². The Morgan fingerprint density at radius 3 is 2.27 bits per heavy atom. The van der Waals surface area contributed by atoms with Gasteiger partial charge in [0.1, 0.15) is 5.60 Å². The number of methoxy groups -OCH3 is 1. The molecule has 0 aliphatic heterocycles. The molecular formula is C15H15F2NO4. The fraction of sp³-hybridized carbons (Fsp3) is 0.333. The number of aromatic nitrogens is 1. The van der Waals surface area contributed by atoms with Gasteiger partial charge >= 0.3 is 12.1 Å². The zero-order valence-electron chi connectivity index (χ0n) is 12.6. The van der Waals surface area contributed by atoms with Crippen LogP contribution in [0, 0.1) is 11.6 Å². The number of esters is 1. The van der Waals surface area contributed by atoms with E-state index in [2.05, 4.69) is 4.74 Å². The van der Waals surface area contributed by atoms with Gasteiger partial charge in [0.05, 0.1) is 18.2 Å². The first-order valence-corrected chi connectivity index (χ1v) is 6.46. The second-order valence-corrected chi connectivity index (χ2v) is 5.67. The minimum atomic E-state index is -1.13. The Balaban J connectivity index is 2.66. The number of ether oxygens (including phenoxy) is 2. The summed E-state index contributed by atoms with van der Waals surface area (Å²) in [5, 5.41) is 0.0663. The molecule has 0 bridgehead atoms. The number of fused-ring (bicyclic) bond motifs is 1. The van der Waals surface area contributed by atoms with Crippen LogP contribution in [-0.2, 0) is 9.47 Å². The summed E-state index contributed by atoms with van der Waals surface area (Å²) in [4.78, 5) is 23.9. The lowest BCUT2D eigenvalue weighted by Crippen LogP contribution is -2.26. The Kier molecular flexibility index (Phi) is 3.91. The fourth-order valence-corrected chi connectivity index (χ4v) is 1.95. The van der Waals surface area contributed by atoms with Crippen molar-refractivity contribution in [2.45, 2.75) is 26.4 Å². The van der Waals surface area contributed by atoms with Crippen molar-refractivity contribution < 1.29 is 27.8 Å². The van der Waals surface area contributed by atoms with E-state index >= 15 is 0 Å². The van der Waals surface area contributed by atoms with E-state index in [1.807, 2.05) is 0 Å². The minimum absolute atomic E-state index is 0.0218. The quantitative estimate of drug-likeness (QED) is 0.756. The molecule has 1 heterocycles. The van der Waals surface area contributed by atoms with Gasteiger partial charge in [-0.1, -0.05) is 0 Å². The van der Waals surface area contributed by atoms with E-state index in [1.54, 1.807) is 20.8 Å². The van der Waals surface area contributed by atoms with Crippen LogP contribution in [0.3, 0.4) is 0 Å². The number of rotatable bonds is 1. The Bertz CT molecular complexity index is 759. The molecule has 1 aromatic heterocycles. The molecule has 0 fully saturated rings. The summed E-state index contributed by atoms with van der Waals surface area (Å²) in [5.74, 6) is -3.02. The predicted molar refractivity (Wildman–Crippen MR) is 74.8 cm³/mol. The molecule has 118 valence electrons. The van der Waals surface area contributed by atoms with Gasteiger partial charge in [-0.2, -0.15) is 0 Å². The molecule has 0 aliphatic carbocycles. The molecule has 0 radical (unpaired) electrons. The number of carbonyl (C=O) groups is 2. The van der Waals surface area contributed by atoms with Gasteiger partial charge in [-0.05, 0) is 26.8 Å². The number of nitrogens with zero attached hydrogens (tertiary/aromatic N) is 1. The van der Waals surface area contributed by atoms with Crippen molar-refractivity contribution in [3.8, 4) is 0 Å². The van der Waals surface area contributed by atoms with Crippen LogP contribution in [0.4, 0.5) is 13.6 Å². The molecule has 7 heteroatoms. The standard InChI is InChI=1S/C15H15F2NO4/c1-15(2,3)22-14(20)18-7-9(13(19)21-4)8-5-10(16)11(17)6-12(8)18/h5-7H,1-4H3. The van der Waals surface area contributed by atoms with E-state index < -0.39 is 29.3 Å². The Morgan fingerprint density at radius 2 is 1.73 bits per heavy atom. The maximum atomic E-state index is 13.5. The first-order valence-electron chi connectivity index (χ1n) is 6.46. The first kappa shape index (κ1) is 15.9. The topological polar surface area (TPSA) is 57.5 Å². The largest absolute Gasteiger partial charge is 0.465 e. The van der Waals surface area contributed by atoms with Crippen LogP contribution < -0.4 is 0 Å². The van der Waals surface area contributed by atoms with Gasteiger partial charge in [0.25, 0.3) is 0 Å². The predicted octanol–water partition coefficient (Wildman–Crippen LogP) is 3.49. The van der Waals surface area contributed by atoms with Crippen LogP contribution in [0.15, 0.2) is 18.3 Å². The highest BCUT2D eigenvalue weighted by molar-refractivity contribution is 6.06. The molecule has 2 aromatic rings. The van der Waals surface area contributed by atoms with Crippen molar-refractivity contribution >= 4 is 23.0 Å². The average molecular weight is 311 g/mol. The fourth-order valence-electron chi connectivity index (χ4n) is 1.95. The molecule has 0 saturated carbocycles. The molecule has 1 aromatic carbocycles. The molecular weight excluding hydrogens is 296 g/mol. The molecule has 0 aliphatic rings.